The Morgan fingerprint density at radius 2 is 1.74 bits per heavy atom. The molecule has 5 nitrogen and oxygen atoms in total. The summed E-state index contributed by atoms with van der Waals surface area (Å²) in [7, 11) is 0. The number of ether oxygens (including phenoxy) is 1. The number of benzene rings is 2. The van der Waals surface area contributed by atoms with Crippen molar-refractivity contribution in [1.82, 2.24) is 5.32 Å². The first kappa shape index (κ1) is 20.8. The molecule has 0 aliphatic heterocycles. The standard InChI is InChI=1S/C21H26N2O3S/c1-5-26-16-12-10-15(11-13-16)20(24)23-19(14(2)3)21(25)22-17-8-6-7-9-18(17)27-4/h6-14,19H,5H2,1-4H3,(H,22,25)(H,23,24). The highest BCUT2D eigenvalue weighted by molar-refractivity contribution is 7.98. The van der Waals surface area contributed by atoms with E-state index in [1.165, 1.54) is 0 Å². The fourth-order valence-corrected chi connectivity index (χ4v) is 3.14. The number of hydrogen-bond donors (Lipinski definition) is 2. The average molecular weight is 387 g/mol. The van der Waals surface area contributed by atoms with Crippen molar-refractivity contribution in [2.24, 2.45) is 5.92 Å². The predicted octanol–water partition coefficient (Wildman–Crippen LogP) is 4.20. The van der Waals surface area contributed by atoms with Gasteiger partial charge in [0.2, 0.25) is 5.91 Å². The van der Waals surface area contributed by atoms with Gasteiger partial charge in [-0.05, 0) is 55.5 Å². The molecular formula is C21H26N2O3S. The molecule has 0 radical (unpaired) electrons. The van der Waals surface area contributed by atoms with E-state index in [-0.39, 0.29) is 17.7 Å². The van der Waals surface area contributed by atoms with E-state index in [2.05, 4.69) is 10.6 Å². The summed E-state index contributed by atoms with van der Waals surface area (Å²) in [4.78, 5) is 26.3. The van der Waals surface area contributed by atoms with Crippen molar-refractivity contribution in [3.8, 4) is 5.75 Å². The molecule has 2 aromatic carbocycles. The molecule has 0 saturated heterocycles. The van der Waals surface area contributed by atoms with Crippen LogP contribution in [-0.2, 0) is 4.79 Å². The maximum atomic E-state index is 12.8. The van der Waals surface area contributed by atoms with E-state index >= 15 is 0 Å². The van der Waals surface area contributed by atoms with E-state index < -0.39 is 6.04 Å². The summed E-state index contributed by atoms with van der Waals surface area (Å²) < 4.78 is 5.39. The molecule has 0 aliphatic rings. The zero-order valence-electron chi connectivity index (χ0n) is 16.1. The first-order valence-corrected chi connectivity index (χ1v) is 10.2. The van der Waals surface area contributed by atoms with Gasteiger partial charge in [0, 0.05) is 10.5 Å². The topological polar surface area (TPSA) is 67.4 Å². The number of thioether (sulfide) groups is 1. The lowest BCUT2D eigenvalue weighted by molar-refractivity contribution is -0.118. The molecule has 0 aromatic heterocycles. The highest BCUT2D eigenvalue weighted by Crippen LogP contribution is 2.25. The van der Waals surface area contributed by atoms with E-state index in [4.69, 9.17) is 4.74 Å². The molecular weight excluding hydrogens is 360 g/mol. The van der Waals surface area contributed by atoms with Crippen molar-refractivity contribution in [3.63, 3.8) is 0 Å². The third-order valence-electron chi connectivity index (χ3n) is 4.03. The van der Waals surface area contributed by atoms with Crippen LogP contribution in [0.1, 0.15) is 31.1 Å². The molecule has 0 saturated carbocycles. The fourth-order valence-electron chi connectivity index (χ4n) is 2.59. The van der Waals surface area contributed by atoms with Gasteiger partial charge in [-0.1, -0.05) is 26.0 Å². The number of carbonyl (C=O) groups is 2. The maximum absolute atomic E-state index is 12.8. The number of hydrogen-bond acceptors (Lipinski definition) is 4. The van der Waals surface area contributed by atoms with Crippen molar-refractivity contribution >= 4 is 29.3 Å². The zero-order valence-corrected chi connectivity index (χ0v) is 16.9. The quantitative estimate of drug-likeness (QED) is 0.667. The molecule has 0 aliphatic carbocycles. The SMILES string of the molecule is CCOc1ccc(C(=O)NC(C(=O)Nc2ccccc2SC)C(C)C)cc1. The lowest BCUT2D eigenvalue weighted by Crippen LogP contribution is -2.47. The summed E-state index contributed by atoms with van der Waals surface area (Å²) in [6, 6.07) is 13.8. The lowest BCUT2D eigenvalue weighted by Gasteiger charge is -2.22. The molecule has 144 valence electrons. The third kappa shape index (κ3) is 5.76. The van der Waals surface area contributed by atoms with E-state index in [0.717, 1.165) is 10.6 Å². The Labute approximate surface area is 164 Å². The highest BCUT2D eigenvalue weighted by Gasteiger charge is 2.25. The Morgan fingerprint density at radius 3 is 2.33 bits per heavy atom. The third-order valence-corrected chi connectivity index (χ3v) is 4.82. The molecule has 1 unspecified atom stereocenters. The Morgan fingerprint density at radius 1 is 1.07 bits per heavy atom. The van der Waals surface area contributed by atoms with Gasteiger partial charge in [-0.2, -0.15) is 0 Å². The van der Waals surface area contributed by atoms with Crippen LogP contribution in [-0.4, -0.2) is 30.7 Å². The number of nitrogens with one attached hydrogen (secondary N) is 2. The fraction of sp³-hybridized carbons (Fsp3) is 0.333. The number of amides is 2. The first-order chi connectivity index (χ1) is 13.0. The largest absolute Gasteiger partial charge is 0.494 e. The summed E-state index contributed by atoms with van der Waals surface area (Å²) in [5.74, 6) is 0.134. The van der Waals surface area contributed by atoms with Gasteiger partial charge in [0.25, 0.3) is 5.91 Å². The first-order valence-electron chi connectivity index (χ1n) is 8.93. The van der Waals surface area contributed by atoms with Crippen LogP contribution in [0, 0.1) is 5.92 Å². The number of carbonyl (C=O) groups excluding carboxylic acids is 2. The molecule has 0 heterocycles. The molecule has 2 amide bonds. The Balaban J connectivity index is 2.09. The zero-order chi connectivity index (χ0) is 19.8. The van der Waals surface area contributed by atoms with Crippen molar-refractivity contribution in [3.05, 3.63) is 54.1 Å². The summed E-state index contributed by atoms with van der Waals surface area (Å²) in [5.41, 5.74) is 1.23. The van der Waals surface area contributed by atoms with Gasteiger partial charge >= 0.3 is 0 Å². The summed E-state index contributed by atoms with van der Waals surface area (Å²) >= 11 is 1.56. The monoisotopic (exact) mass is 386 g/mol. The van der Waals surface area contributed by atoms with E-state index in [0.29, 0.717) is 17.9 Å². The number of anilines is 1. The van der Waals surface area contributed by atoms with Crippen molar-refractivity contribution in [2.45, 2.75) is 31.7 Å². The van der Waals surface area contributed by atoms with Gasteiger partial charge in [0.05, 0.1) is 12.3 Å². The minimum Gasteiger partial charge on any atom is -0.494 e. The van der Waals surface area contributed by atoms with Gasteiger partial charge in [0.1, 0.15) is 11.8 Å². The van der Waals surface area contributed by atoms with E-state index in [1.54, 1.807) is 36.0 Å². The van der Waals surface area contributed by atoms with Crippen molar-refractivity contribution in [1.29, 1.82) is 0 Å². The molecule has 27 heavy (non-hydrogen) atoms. The summed E-state index contributed by atoms with van der Waals surface area (Å²) in [6.45, 7) is 6.28. The van der Waals surface area contributed by atoms with Crippen LogP contribution in [0.3, 0.4) is 0 Å². The molecule has 0 fully saturated rings. The highest BCUT2D eigenvalue weighted by atomic mass is 32.2. The van der Waals surface area contributed by atoms with Crippen LogP contribution in [0.4, 0.5) is 5.69 Å². The summed E-state index contributed by atoms with van der Waals surface area (Å²) in [6.07, 6.45) is 1.96. The van der Waals surface area contributed by atoms with Crippen molar-refractivity contribution < 1.29 is 14.3 Å². The van der Waals surface area contributed by atoms with Crippen LogP contribution >= 0.6 is 11.8 Å². The van der Waals surface area contributed by atoms with Crippen LogP contribution < -0.4 is 15.4 Å². The van der Waals surface area contributed by atoms with Gasteiger partial charge in [-0.25, -0.2) is 0 Å². The minimum absolute atomic E-state index is 0.0573. The molecule has 2 aromatic rings. The molecule has 2 rings (SSSR count). The van der Waals surface area contributed by atoms with Crippen LogP contribution in [0.2, 0.25) is 0 Å². The number of para-hydroxylation sites is 1. The van der Waals surface area contributed by atoms with Crippen LogP contribution in [0.15, 0.2) is 53.4 Å². The van der Waals surface area contributed by atoms with Crippen LogP contribution in [0.25, 0.3) is 0 Å². The van der Waals surface area contributed by atoms with Crippen molar-refractivity contribution in [2.75, 3.05) is 18.2 Å². The van der Waals surface area contributed by atoms with Gasteiger partial charge in [-0.15, -0.1) is 11.8 Å². The second-order valence-corrected chi connectivity index (χ2v) is 7.19. The van der Waals surface area contributed by atoms with Gasteiger partial charge in [-0.3, -0.25) is 9.59 Å². The maximum Gasteiger partial charge on any atom is 0.251 e. The van der Waals surface area contributed by atoms with Gasteiger partial charge in [0.15, 0.2) is 0 Å². The Hall–Kier alpha value is -2.47. The average Bonchev–Trinajstić information content (AvgIpc) is 2.66. The molecule has 0 spiro atoms. The van der Waals surface area contributed by atoms with E-state index in [1.807, 2.05) is 51.3 Å². The second-order valence-electron chi connectivity index (χ2n) is 6.34. The lowest BCUT2D eigenvalue weighted by atomic mass is 10.0. The normalized spacial score (nSPS) is 11.7. The molecule has 1 atom stereocenters. The van der Waals surface area contributed by atoms with Gasteiger partial charge < -0.3 is 15.4 Å². The Bertz CT molecular complexity index is 775. The number of rotatable bonds is 8. The smallest absolute Gasteiger partial charge is 0.251 e. The summed E-state index contributed by atoms with van der Waals surface area (Å²) in [5, 5.41) is 5.77. The second kappa shape index (κ2) is 10.0. The minimum atomic E-state index is -0.640. The molecule has 0 bridgehead atoms. The van der Waals surface area contributed by atoms with Crippen LogP contribution in [0.5, 0.6) is 5.75 Å². The van der Waals surface area contributed by atoms with E-state index in [9.17, 15) is 9.59 Å². The molecule has 6 heteroatoms. The molecule has 2 N–H and O–H groups in total. The Kier molecular flexibility index (Phi) is 7.73. The predicted molar refractivity (Wildman–Crippen MR) is 111 cm³/mol.